The van der Waals surface area contributed by atoms with Crippen LogP contribution in [0.15, 0.2) is 47.8 Å². The third-order valence-electron chi connectivity index (χ3n) is 3.77. The van der Waals surface area contributed by atoms with Gasteiger partial charge in [-0.2, -0.15) is 11.8 Å². The first kappa shape index (κ1) is 14.7. The average molecular weight is 317 g/mol. The maximum Gasteiger partial charge on any atom is 0.227 e. The number of hydrogen-bond acceptors (Lipinski definition) is 3. The molecule has 0 spiro atoms. The Morgan fingerprint density at radius 1 is 1.14 bits per heavy atom. The average Bonchev–Trinajstić information content (AvgIpc) is 2.89. The van der Waals surface area contributed by atoms with Gasteiger partial charge in [0.1, 0.15) is 0 Å². The van der Waals surface area contributed by atoms with Crippen molar-refractivity contribution in [1.82, 2.24) is 4.90 Å². The minimum Gasteiger partial charge on any atom is -0.342 e. The number of thioether (sulfide) groups is 1. The van der Waals surface area contributed by atoms with Gasteiger partial charge < -0.3 is 4.90 Å². The number of carbonyl (C=O) groups is 1. The molecule has 0 aliphatic carbocycles. The highest BCUT2D eigenvalue weighted by molar-refractivity contribution is 7.99. The van der Waals surface area contributed by atoms with Gasteiger partial charge in [-0.1, -0.05) is 36.4 Å². The first-order valence-corrected chi connectivity index (χ1v) is 9.22. The second-order valence-corrected chi connectivity index (χ2v) is 7.54. The molecule has 1 aromatic carbocycles. The molecule has 2 aromatic rings. The fourth-order valence-electron chi connectivity index (χ4n) is 2.63. The SMILES string of the molecule is O=C(Cc1cccs1)N1CCSC(c2ccccc2)CC1. The number of amides is 1. The first-order chi connectivity index (χ1) is 10.3. The largest absolute Gasteiger partial charge is 0.342 e. The summed E-state index contributed by atoms with van der Waals surface area (Å²) in [6, 6.07) is 14.7. The molecule has 0 saturated carbocycles. The number of carbonyl (C=O) groups excluding carboxylic acids is 1. The third kappa shape index (κ3) is 3.89. The van der Waals surface area contributed by atoms with Crippen molar-refractivity contribution in [3.05, 3.63) is 58.3 Å². The van der Waals surface area contributed by atoms with E-state index in [1.807, 2.05) is 34.2 Å². The quantitative estimate of drug-likeness (QED) is 0.853. The van der Waals surface area contributed by atoms with E-state index in [2.05, 4.69) is 30.3 Å². The number of benzene rings is 1. The monoisotopic (exact) mass is 317 g/mol. The zero-order valence-electron chi connectivity index (χ0n) is 11.9. The van der Waals surface area contributed by atoms with Crippen molar-refractivity contribution in [3.8, 4) is 0 Å². The van der Waals surface area contributed by atoms with Crippen LogP contribution < -0.4 is 0 Å². The van der Waals surface area contributed by atoms with E-state index in [9.17, 15) is 4.79 Å². The molecule has 1 fully saturated rings. The summed E-state index contributed by atoms with van der Waals surface area (Å²) < 4.78 is 0. The first-order valence-electron chi connectivity index (χ1n) is 7.29. The molecule has 21 heavy (non-hydrogen) atoms. The molecule has 0 radical (unpaired) electrons. The summed E-state index contributed by atoms with van der Waals surface area (Å²) in [4.78, 5) is 15.6. The van der Waals surface area contributed by atoms with E-state index in [0.717, 1.165) is 30.1 Å². The van der Waals surface area contributed by atoms with Crippen LogP contribution in [0.4, 0.5) is 0 Å². The number of thiophene rings is 1. The van der Waals surface area contributed by atoms with Crippen LogP contribution in [0.1, 0.15) is 22.1 Å². The molecular formula is C17H19NOS2. The van der Waals surface area contributed by atoms with Gasteiger partial charge in [0.2, 0.25) is 5.91 Å². The van der Waals surface area contributed by atoms with Crippen LogP contribution in [-0.4, -0.2) is 29.6 Å². The Morgan fingerprint density at radius 3 is 2.76 bits per heavy atom. The third-order valence-corrected chi connectivity index (χ3v) is 5.98. The summed E-state index contributed by atoms with van der Waals surface area (Å²) in [5, 5.41) is 2.55. The summed E-state index contributed by atoms with van der Waals surface area (Å²) in [5.41, 5.74) is 1.38. The fraction of sp³-hybridized carbons (Fsp3) is 0.353. The van der Waals surface area contributed by atoms with Crippen LogP contribution in [0, 0.1) is 0 Å². The van der Waals surface area contributed by atoms with E-state index in [-0.39, 0.29) is 5.91 Å². The molecule has 0 N–H and O–H groups in total. The van der Waals surface area contributed by atoms with Crippen molar-refractivity contribution < 1.29 is 4.79 Å². The highest BCUT2D eigenvalue weighted by Crippen LogP contribution is 2.34. The zero-order chi connectivity index (χ0) is 14.5. The Balaban J connectivity index is 1.59. The lowest BCUT2D eigenvalue weighted by atomic mass is 10.1. The summed E-state index contributed by atoms with van der Waals surface area (Å²) >= 11 is 3.64. The lowest BCUT2D eigenvalue weighted by Crippen LogP contribution is -2.33. The van der Waals surface area contributed by atoms with Gasteiger partial charge in [-0.05, 0) is 23.4 Å². The van der Waals surface area contributed by atoms with Crippen molar-refractivity contribution in [2.75, 3.05) is 18.8 Å². The van der Waals surface area contributed by atoms with E-state index < -0.39 is 0 Å². The minimum absolute atomic E-state index is 0.270. The van der Waals surface area contributed by atoms with Crippen LogP contribution in [0.5, 0.6) is 0 Å². The molecule has 2 nitrogen and oxygen atoms in total. The van der Waals surface area contributed by atoms with Gasteiger partial charge in [0.25, 0.3) is 0 Å². The van der Waals surface area contributed by atoms with Crippen molar-refractivity contribution in [3.63, 3.8) is 0 Å². The molecule has 3 rings (SSSR count). The molecule has 1 atom stereocenters. The number of rotatable bonds is 3. The molecule has 1 amide bonds. The van der Waals surface area contributed by atoms with Gasteiger partial charge in [-0.15, -0.1) is 11.3 Å². The summed E-state index contributed by atoms with van der Waals surface area (Å²) in [5.74, 6) is 1.29. The zero-order valence-corrected chi connectivity index (χ0v) is 13.5. The van der Waals surface area contributed by atoms with Gasteiger partial charge in [-0.25, -0.2) is 0 Å². The predicted octanol–water partition coefficient (Wildman–Crippen LogP) is 4.00. The van der Waals surface area contributed by atoms with Gasteiger partial charge in [0, 0.05) is 29.0 Å². The van der Waals surface area contributed by atoms with E-state index >= 15 is 0 Å². The van der Waals surface area contributed by atoms with Crippen molar-refractivity contribution >= 4 is 29.0 Å². The highest BCUT2D eigenvalue weighted by Gasteiger charge is 2.22. The molecule has 1 saturated heterocycles. The van der Waals surface area contributed by atoms with Crippen LogP contribution in [0.25, 0.3) is 0 Å². The smallest absolute Gasteiger partial charge is 0.227 e. The Kier molecular flexibility index (Phi) is 4.99. The molecule has 1 aromatic heterocycles. The van der Waals surface area contributed by atoms with Crippen molar-refractivity contribution in [2.45, 2.75) is 18.1 Å². The standard InChI is InChI=1S/C17H19NOS2/c19-17(13-15-7-4-11-20-15)18-9-8-16(21-12-10-18)14-5-2-1-3-6-14/h1-7,11,16H,8-10,12-13H2. The lowest BCUT2D eigenvalue weighted by Gasteiger charge is -2.20. The molecule has 1 aliphatic rings. The normalized spacial score (nSPS) is 19.2. The molecule has 110 valence electrons. The van der Waals surface area contributed by atoms with Gasteiger partial charge in [0.15, 0.2) is 0 Å². The second kappa shape index (κ2) is 7.14. The number of nitrogens with zero attached hydrogens (tertiary/aromatic N) is 1. The summed E-state index contributed by atoms with van der Waals surface area (Å²) in [6.07, 6.45) is 1.60. The van der Waals surface area contributed by atoms with Crippen molar-refractivity contribution in [1.29, 1.82) is 0 Å². The molecular weight excluding hydrogens is 298 g/mol. The van der Waals surface area contributed by atoms with Crippen LogP contribution >= 0.6 is 23.1 Å². The highest BCUT2D eigenvalue weighted by atomic mass is 32.2. The van der Waals surface area contributed by atoms with Crippen LogP contribution in [0.2, 0.25) is 0 Å². The molecule has 1 aliphatic heterocycles. The predicted molar refractivity (Wildman–Crippen MR) is 90.9 cm³/mol. The maximum absolute atomic E-state index is 12.4. The summed E-state index contributed by atoms with van der Waals surface area (Å²) in [6.45, 7) is 1.75. The van der Waals surface area contributed by atoms with Gasteiger partial charge in [0.05, 0.1) is 6.42 Å². The molecule has 4 heteroatoms. The minimum atomic E-state index is 0.270. The topological polar surface area (TPSA) is 20.3 Å². The van der Waals surface area contributed by atoms with E-state index in [1.165, 1.54) is 5.56 Å². The Hall–Kier alpha value is -1.26. The van der Waals surface area contributed by atoms with Crippen LogP contribution in [-0.2, 0) is 11.2 Å². The second-order valence-electron chi connectivity index (χ2n) is 5.20. The van der Waals surface area contributed by atoms with Gasteiger partial charge in [-0.3, -0.25) is 4.79 Å². The fourth-order valence-corrected chi connectivity index (χ4v) is 4.56. The van der Waals surface area contributed by atoms with Crippen molar-refractivity contribution in [2.24, 2.45) is 0 Å². The van der Waals surface area contributed by atoms with E-state index in [4.69, 9.17) is 0 Å². The Labute approximate surface area is 134 Å². The number of hydrogen-bond donors (Lipinski definition) is 0. The molecule has 0 bridgehead atoms. The van der Waals surface area contributed by atoms with E-state index in [0.29, 0.717) is 11.7 Å². The Morgan fingerprint density at radius 2 is 2.00 bits per heavy atom. The molecule has 2 heterocycles. The van der Waals surface area contributed by atoms with E-state index in [1.54, 1.807) is 11.3 Å². The maximum atomic E-state index is 12.4. The van der Waals surface area contributed by atoms with Crippen LogP contribution in [0.3, 0.4) is 0 Å². The lowest BCUT2D eigenvalue weighted by molar-refractivity contribution is -0.130. The molecule has 1 unspecified atom stereocenters. The Bertz CT molecular complexity index is 568. The summed E-state index contributed by atoms with van der Waals surface area (Å²) in [7, 11) is 0. The van der Waals surface area contributed by atoms with Gasteiger partial charge >= 0.3 is 0 Å².